The molecule has 0 saturated heterocycles. The summed E-state index contributed by atoms with van der Waals surface area (Å²) in [6.07, 6.45) is 2.82. The smallest absolute Gasteiger partial charge is 0.271 e. The average Bonchev–Trinajstić information content (AvgIpc) is 3.12. The molecule has 0 radical (unpaired) electrons. The number of nitrogens with zero attached hydrogens (tertiary/aromatic N) is 2. The molecular formula is C23H26FN3O2. The lowest BCUT2D eigenvalue weighted by Gasteiger charge is -2.05. The number of aromatic nitrogens is 2. The number of methoxy groups -OCH3 is 1. The van der Waals surface area contributed by atoms with Crippen LogP contribution in [0.3, 0.4) is 0 Å². The molecule has 1 amide bonds. The first-order valence-electron chi connectivity index (χ1n) is 9.69. The highest BCUT2D eigenvalue weighted by Gasteiger charge is 2.14. The minimum atomic E-state index is -0.247. The third-order valence-corrected chi connectivity index (χ3v) is 4.90. The largest absolute Gasteiger partial charge is 0.497 e. The fourth-order valence-corrected chi connectivity index (χ4v) is 3.19. The van der Waals surface area contributed by atoms with Crippen LogP contribution in [-0.2, 0) is 13.5 Å². The van der Waals surface area contributed by atoms with Gasteiger partial charge in [0.25, 0.3) is 5.91 Å². The van der Waals surface area contributed by atoms with Crippen LogP contribution in [0.25, 0.3) is 11.3 Å². The van der Waals surface area contributed by atoms with Gasteiger partial charge in [0.15, 0.2) is 5.69 Å². The van der Waals surface area contributed by atoms with Gasteiger partial charge in [0.05, 0.1) is 12.8 Å². The van der Waals surface area contributed by atoms with Crippen molar-refractivity contribution >= 4 is 5.91 Å². The van der Waals surface area contributed by atoms with Crippen molar-refractivity contribution in [2.45, 2.75) is 26.2 Å². The molecule has 6 heteroatoms. The van der Waals surface area contributed by atoms with Gasteiger partial charge in [-0.2, -0.15) is 5.10 Å². The summed E-state index contributed by atoms with van der Waals surface area (Å²) >= 11 is 0. The summed E-state index contributed by atoms with van der Waals surface area (Å²) in [7, 11) is 3.43. The van der Waals surface area contributed by atoms with Crippen molar-refractivity contribution in [2.24, 2.45) is 7.05 Å². The SMILES string of the molecule is COc1ccc(CCCCNC(=O)c2cc(-c3ccc(F)c(C)c3)n(C)n2)cc1. The Balaban J connectivity index is 1.50. The Kier molecular flexibility index (Phi) is 6.65. The second kappa shape index (κ2) is 9.37. The number of halogens is 1. The first-order valence-corrected chi connectivity index (χ1v) is 9.69. The fraction of sp³-hybridized carbons (Fsp3) is 0.304. The molecule has 1 N–H and O–H groups in total. The van der Waals surface area contributed by atoms with E-state index < -0.39 is 0 Å². The Morgan fingerprint density at radius 3 is 2.59 bits per heavy atom. The Morgan fingerprint density at radius 1 is 1.14 bits per heavy atom. The molecule has 0 unspecified atom stereocenters. The normalized spacial score (nSPS) is 10.8. The molecule has 0 aliphatic rings. The van der Waals surface area contributed by atoms with E-state index in [2.05, 4.69) is 22.5 Å². The molecule has 5 nitrogen and oxygen atoms in total. The molecule has 1 aromatic heterocycles. The minimum Gasteiger partial charge on any atom is -0.497 e. The molecule has 2 aromatic carbocycles. The maximum Gasteiger partial charge on any atom is 0.271 e. The van der Waals surface area contributed by atoms with Gasteiger partial charge in [-0.1, -0.05) is 12.1 Å². The number of rotatable bonds is 8. The average molecular weight is 395 g/mol. The van der Waals surface area contributed by atoms with Crippen LogP contribution in [0.2, 0.25) is 0 Å². The lowest BCUT2D eigenvalue weighted by molar-refractivity contribution is 0.0947. The van der Waals surface area contributed by atoms with Crippen molar-refractivity contribution in [3.05, 3.63) is 71.2 Å². The van der Waals surface area contributed by atoms with Crippen molar-refractivity contribution in [1.82, 2.24) is 15.1 Å². The highest BCUT2D eigenvalue weighted by Crippen LogP contribution is 2.22. The van der Waals surface area contributed by atoms with Gasteiger partial charge in [0.1, 0.15) is 11.6 Å². The molecule has 0 fully saturated rings. The highest BCUT2D eigenvalue weighted by atomic mass is 19.1. The molecule has 3 aromatic rings. The molecule has 152 valence electrons. The van der Waals surface area contributed by atoms with Crippen LogP contribution in [-0.4, -0.2) is 29.3 Å². The number of hydrogen-bond donors (Lipinski definition) is 1. The molecule has 0 saturated carbocycles. The van der Waals surface area contributed by atoms with Crippen molar-refractivity contribution in [3.8, 4) is 17.0 Å². The van der Waals surface area contributed by atoms with Gasteiger partial charge in [-0.15, -0.1) is 0 Å². The third kappa shape index (κ3) is 5.22. The maximum atomic E-state index is 13.5. The van der Waals surface area contributed by atoms with Gasteiger partial charge >= 0.3 is 0 Å². The zero-order valence-electron chi connectivity index (χ0n) is 17.0. The standard InChI is InChI=1S/C23H26FN3O2/c1-16-14-18(9-12-20(16)24)22-15-21(26-27(22)2)23(28)25-13-5-4-6-17-7-10-19(29-3)11-8-17/h7-12,14-15H,4-6,13H2,1-3H3,(H,25,28). The van der Waals surface area contributed by atoms with E-state index in [-0.39, 0.29) is 11.7 Å². The minimum absolute atomic E-state index is 0.199. The van der Waals surface area contributed by atoms with E-state index in [9.17, 15) is 9.18 Å². The number of carbonyl (C=O) groups is 1. The first kappa shape index (κ1) is 20.6. The Morgan fingerprint density at radius 2 is 1.90 bits per heavy atom. The summed E-state index contributed by atoms with van der Waals surface area (Å²) in [4.78, 5) is 12.4. The maximum absolute atomic E-state index is 13.5. The van der Waals surface area contributed by atoms with Crippen LogP contribution in [0.15, 0.2) is 48.5 Å². The zero-order chi connectivity index (χ0) is 20.8. The number of benzene rings is 2. The molecule has 0 atom stereocenters. The van der Waals surface area contributed by atoms with E-state index in [0.717, 1.165) is 36.3 Å². The van der Waals surface area contributed by atoms with Crippen LogP contribution in [0.1, 0.15) is 34.5 Å². The van der Waals surface area contributed by atoms with Crippen LogP contribution in [0.5, 0.6) is 5.75 Å². The number of hydrogen-bond acceptors (Lipinski definition) is 3. The summed E-state index contributed by atoms with van der Waals surface area (Å²) in [6.45, 7) is 2.31. The highest BCUT2D eigenvalue weighted by molar-refractivity contribution is 5.93. The van der Waals surface area contributed by atoms with Gasteiger partial charge in [-0.05, 0) is 73.7 Å². The molecule has 0 aliphatic heterocycles. The monoisotopic (exact) mass is 395 g/mol. The van der Waals surface area contributed by atoms with E-state index in [1.54, 1.807) is 44.0 Å². The van der Waals surface area contributed by atoms with Crippen molar-refractivity contribution in [3.63, 3.8) is 0 Å². The van der Waals surface area contributed by atoms with E-state index >= 15 is 0 Å². The number of nitrogens with one attached hydrogen (secondary N) is 1. The Bertz CT molecular complexity index is 980. The molecule has 0 spiro atoms. The summed E-state index contributed by atoms with van der Waals surface area (Å²) in [5.41, 5.74) is 3.78. The van der Waals surface area contributed by atoms with Crippen LogP contribution < -0.4 is 10.1 Å². The van der Waals surface area contributed by atoms with E-state index in [4.69, 9.17) is 4.74 Å². The summed E-state index contributed by atoms with van der Waals surface area (Å²) in [5.74, 6) is 0.408. The van der Waals surface area contributed by atoms with Gasteiger partial charge < -0.3 is 10.1 Å². The number of carbonyl (C=O) groups excluding carboxylic acids is 1. The number of aryl methyl sites for hydroxylation is 3. The van der Waals surface area contributed by atoms with E-state index in [1.807, 2.05) is 12.1 Å². The van der Waals surface area contributed by atoms with E-state index in [1.165, 1.54) is 11.6 Å². The second-order valence-electron chi connectivity index (χ2n) is 7.06. The van der Waals surface area contributed by atoms with Gasteiger partial charge in [0, 0.05) is 19.2 Å². The predicted molar refractivity (Wildman–Crippen MR) is 112 cm³/mol. The summed E-state index contributed by atoms with van der Waals surface area (Å²) in [5, 5.41) is 7.22. The topological polar surface area (TPSA) is 56.1 Å². The number of ether oxygens (including phenoxy) is 1. The quantitative estimate of drug-likeness (QED) is 0.579. The predicted octanol–water partition coefficient (Wildman–Crippen LogP) is 4.30. The summed E-state index contributed by atoms with van der Waals surface area (Å²) in [6, 6.07) is 14.7. The van der Waals surface area contributed by atoms with Crippen molar-refractivity contribution in [2.75, 3.05) is 13.7 Å². The lowest BCUT2D eigenvalue weighted by atomic mass is 10.1. The second-order valence-corrected chi connectivity index (χ2v) is 7.06. The van der Waals surface area contributed by atoms with Crippen molar-refractivity contribution in [1.29, 1.82) is 0 Å². The van der Waals surface area contributed by atoms with Crippen LogP contribution in [0.4, 0.5) is 4.39 Å². The molecule has 3 rings (SSSR count). The Hall–Kier alpha value is -3.15. The molecule has 0 bridgehead atoms. The zero-order valence-corrected chi connectivity index (χ0v) is 17.0. The summed E-state index contributed by atoms with van der Waals surface area (Å²) < 4.78 is 20.3. The van der Waals surface area contributed by atoms with Crippen LogP contribution in [0, 0.1) is 12.7 Å². The Labute approximate surface area is 170 Å². The lowest BCUT2D eigenvalue weighted by Crippen LogP contribution is -2.25. The van der Waals surface area contributed by atoms with Crippen LogP contribution >= 0.6 is 0 Å². The molecule has 29 heavy (non-hydrogen) atoms. The van der Waals surface area contributed by atoms with Gasteiger partial charge in [-0.25, -0.2) is 4.39 Å². The number of amides is 1. The van der Waals surface area contributed by atoms with Gasteiger partial charge in [0.2, 0.25) is 0 Å². The molecule has 0 aliphatic carbocycles. The number of unbranched alkanes of at least 4 members (excludes halogenated alkanes) is 1. The van der Waals surface area contributed by atoms with Gasteiger partial charge in [-0.3, -0.25) is 9.48 Å². The molecule has 1 heterocycles. The van der Waals surface area contributed by atoms with E-state index in [0.29, 0.717) is 17.8 Å². The first-order chi connectivity index (χ1) is 14.0. The van der Waals surface area contributed by atoms with Crippen molar-refractivity contribution < 1.29 is 13.9 Å². The fourth-order valence-electron chi connectivity index (χ4n) is 3.19. The third-order valence-electron chi connectivity index (χ3n) is 4.90. The molecular weight excluding hydrogens is 369 g/mol.